The van der Waals surface area contributed by atoms with Gasteiger partial charge in [-0.3, -0.25) is 4.90 Å². The van der Waals surface area contributed by atoms with Crippen LogP contribution in [0.25, 0.3) is 11.0 Å². The Balaban J connectivity index is 0.00000205. The Labute approximate surface area is 178 Å². The van der Waals surface area contributed by atoms with Gasteiger partial charge in [-0.15, -0.1) is 12.4 Å². The second-order valence-corrected chi connectivity index (χ2v) is 7.59. The van der Waals surface area contributed by atoms with E-state index >= 15 is 0 Å². The van der Waals surface area contributed by atoms with E-state index in [0.29, 0.717) is 0 Å². The molecule has 1 saturated heterocycles. The second kappa shape index (κ2) is 8.81. The number of halogens is 1. The summed E-state index contributed by atoms with van der Waals surface area (Å²) >= 11 is 0. The molecule has 4 heteroatoms. The summed E-state index contributed by atoms with van der Waals surface area (Å²) in [5.74, 6) is 1.15. The minimum atomic E-state index is 0. The molecule has 0 spiro atoms. The zero-order chi connectivity index (χ0) is 18.8. The maximum absolute atomic E-state index is 5.07. The fourth-order valence-electron chi connectivity index (χ4n) is 4.40. The van der Waals surface area contributed by atoms with Crippen molar-refractivity contribution in [3.05, 3.63) is 102 Å². The lowest BCUT2D eigenvalue weighted by molar-refractivity contribution is 0.316. The van der Waals surface area contributed by atoms with Crippen LogP contribution in [0, 0.1) is 0 Å². The van der Waals surface area contributed by atoms with E-state index in [1.54, 1.807) is 0 Å². The summed E-state index contributed by atoms with van der Waals surface area (Å²) in [7, 11) is 0. The van der Waals surface area contributed by atoms with Crippen molar-refractivity contribution in [2.45, 2.75) is 25.4 Å². The van der Waals surface area contributed by atoms with Crippen molar-refractivity contribution >= 4 is 23.4 Å². The SMILES string of the molecule is Cl.c1ccc(C(c2ccccc2)n2c(CN3CCCC3)nc3ccccc32)cc1. The first-order valence-corrected chi connectivity index (χ1v) is 10.2. The number of hydrogen-bond donors (Lipinski definition) is 0. The van der Waals surface area contributed by atoms with E-state index in [4.69, 9.17) is 4.98 Å². The molecule has 3 nitrogen and oxygen atoms in total. The van der Waals surface area contributed by atoms with Crippen molar-refractivity contribution in [2.24, 2.45) is 0 Å². The van der Waals surface area contributed by atoms with Gasteiger partial charge in [0.05, 0.1) is 23.6 Å². The van der Waals surface area contributed by atoms with Gasteiger partial charge in [-0.25, -0.2) is 4.98 Å². The molecule has 148 valence electrons. The van der Waals surface area contributed by atoms with Crippen molar-refractivity contribution in [1.82, 2.24) is 14.5 Å². The monoisotopic (exact) mass is 403 g/mol. The third-order valence-electron chi connectivity index (χ3n) is 5.72. The number of para-hydroxylation sites is 2. The lowest BCUT2D eigenvalue weighted by Gasteiger charge is -2.25. The number of rotatable bonds is 5. The number of hydrogen-bond acceptors (Lipinski definition) is 2. The summed E-state index contributed by atoms with van der Waals surface area (Å²) in [6, 6.07) is 30.3. The summed E-state index contributed by atoms with van der Waals surface area (Å²) in [5.41, 5.74) is 4.86. The van der Waals surface area contributed by atoms with Gasteiger partial charge in [0.2, 0.25) is 0 Å². The van der Waals surface area contributed by atoms with Crippen LogP contribution < -0.4 is 0 Å². The average Bonchev–Trinajstić information content (AvgIpc) is 3.39. The lowest BCUT2D eigenvalue weighted by Crippen LogP contribution is -2.23. The van der Waals surface area contributed by atoms with Crippen molar-refractivity contribution in [2.75, 3.05) is 13.1 Å². The number of aromatic nitrogens is 2. The van der Waals surface area contributed by atoms with E-state index in [2.05, 4.69) is 94.4 Å². The van der Waals surface area contributed by atoms with E-state index in [-0.39, 0.29) is 18.4 Å². The molecule has 0 atom stereocenters. The fraction of sp³-hybridized carbons (Fsp3) is 0.240. The highest BCUT2D eigenvalue weighted by atomic mass is 35.5. The largest absolute Gasteiger partial charge is 0.315 e. The van der Waals surface area contributed by atoms with Crippen LogP contribution in [0.5, 0.6) is 0 Å². The summed E-state index contributed by atoms with van der Waals surface area (Å²) in [6.07, 6.45) is 2.59. The maximum atomic E-state index is 5.07. The van der Waals surface area contributed by atoms with Crippen LogP contribution in [-0.4, -0.2) is 27.5 Å². The molecule has 2 heterocycles. The Morgan fingerprint density at radius 1 is 0.724 bits per heavy atom. The predicted molar refractivity (Wildman–Crippen MR) is 122 cm³/mol. The van der Waals surface area contributed by atoms with E-state index in [1.165, 1.54) is 42.6 Å². The van der Waals surface area contributed by atoms with Gasteiger partial charge >= 0.3 is 0 Å². The first kappa shape index (κ1) is 19.7. The quantitative estimate of drug-likeness (QED) is 0.426. The van der Waals surface area contributed by atoms with Gasteiger partial charge in [-0.1, -0.05) is 72.8 Å². The van der Waals surface area contributed by atoms with Gasteiger partial charge in [0.25, 0.3) is 0 Å². The molecule has 1 aromatic heterocycles. The summed E-state index contributed by atoms with van der Waals surface area (Å²) in [6.45, 7) is 3.25. The molecule has 4 aromatic rings. The van der Waals surface area contributed by atoms with Crippen molar-refractivity contribution < 1.29 is 0 Å². The first-order valence-electron chi connectivity index (χ1n) is 10.2. The molecular weight excluding hydrogens is 378 g/mol. The van der Waals surface area contributed by atoms with Crippen LogP contribution in [0.1, 0.15) is 35.8 Å². The summed E-state index contributed by atoms with van der Waals surface area (Å²) in [5, 5.41) is 0. The zero-order valence-electron chi connectivity index (χ0n) is 16.4. The molecule has 5 rings (SSSR count). The van der Waals surface area contributed by atoms with Crippen LogP contribution in [0.4, 0.5) is 0 Å². The van der Waals surface area contributed by atoms with Gasteiger partial charge in [0.1, 0.15) is 5.82 Å². The van der Waals surface area contributed by atoms with Crippen LogP contribution in [0.15, 0.2) is 84.9 Å². The number of imidazole rings is 1. The molecule has 1 fully saturated rings. The minimum Gasteiger partial charge on any atom is -0.315 e. The Morgan fingerprint density at radius 3 is 1.90 bits per heavy atom. The molecule has 0 saturated carbocycles. The standard InChI is InChI=1S/C25H25N3.ClH/c1-3-11-20(12-4-1)25(21-13-5-2-6-14-21)28-23-16-8-7-15-22(23)26-24(28)19-27-17-9-10-18-27;/h1-8,11-16,25H,9-10,17-19H2;1H. The molecule has 29 heavy (non-hydrogen) atoms. The third-order valence-corrected chi connectivity index (χ3v) is 5.72. The molecule has 0 amide bonds. The molecular formula is C25H26ClN3. The molecule has 1 aliphatic heterocycles. The van der Waals surface area contributed by atoms with Crippen LogP contribution in [0.3, 0.4) is 0 Å². The van der Waals surface area contributed by atoms with Crippen LogP contribution in [0.2, 0.25) is 0 Å². The molecule has 0 unspecified atom stereocenters. The van der Waals surface area contributed by atoms with Gasteiger partial charge in [-0.05, 0) is 49.2 Å². The number of likely N-dealkylation sites (tertiary alicyclic amines) is 1. The number of nitrogens with zero attached hydrogens (tertiary/aromatic N) is 3. The van der Waals surface area contributed by atoms with Gasteiger partial charge in [0, 0.05) is 0 Å². The number of benzene rings is 3. The Bertz CT molecular complexity index is 1010. The van der Waals surface area contributed by atoms with E-state index in [0.717, 1.165) is 17.9 Å². The summed E-state index contributed by atoms with van der Waals surface area (Å²) in [4.78, 5) is 7.60. The molecule has 3 aromatic carbocycles. The van der Waals surface area contributed by atoms with Gasteiger partial charge < -0.3 is 4.57 Å². The first-order chi connectivity index (χ1) is 13.9. The Morgan fingerprint density at radius 2 is 1.28 bits per heavy atom. The van der Waals surface area contributed by atoms with E-state index in [9.17, 15) is 0 Å². The van der Waals surface area contributed by atoms with Crippen molar-refractivity contribution in [3.8, 4) is 0 Å². The smallest absolute Gasteiger partial charge is 0.124 e. The van der Waals surface area contributed by atoms with Crippen molar-refractivity contribution in [1.29, 1.82) is 0 Å². The molecule has 0 N–H and O–H groups in total. The van der Waals surface area contributed by atoms with Crippen LogP contribution >= 0.6 is 12.4 Å². The average molecular weight is 404 g/mol. The molecule has 0 radical (unpaired) electrons. The highest BCUT2D eigenvalue weighted by Crippen LogP contribution is 2.32. The topological polar surface area (TPSA) is 21.1 Å². The number of fused-ring (bicyclic) bond motifs is 1. The van der Waals surface area contributed by atoms with E-state index < -0.39 is 0 Å². The summed E-state index contributed by atoms with van der Waals surface area (Å²) < 4.78 is 2.46. The molecule has 0 aliphatic carbocycles. The minimum absolute atomic E-state index is 0. The third kappa shape index (κ3) is 3.93. The highest BCUT2D eigenvalue weighted by Gasteiger charge is 2.24. The highest BCUT2D eigenvalue weighted by molar-refractivity contribution is 5.85. The van der Waals surface area contributed by atoms with Gasteiger partial charge in [-0.2, -0.15) is 0 Å². The molecule has 1 aliphatic rings. The van der Waals surface area contributed by atoms with E-state index in [1.807, 2.05) is 0 Å². The molecule has 0 bridgehead atoms. The Hall–Kier alpha value is -2.62. The normalized spacial score (nSPS) is 14.4. The van der Waals surface area contributed by atoms with Crippen LogP contribution in [-0.2, 0) is 6.54 Å². The van der Waals surface area contributed by atoms with Crippen molar-refractivity contribution in [3.63, 3.8) is 0 Å². The van der Waals surface area contributed by atoms with Gasteiger partial charge in [0.15, 0.2) is 0 Å². The second-order valence-electron chi connectivity index (χ2n) is 7.59. The lowest BCUT2D eigenvalue weighted by atomic mass is 9.98. The maximum Gasteiger partial charge on any atom is 0.124 e. The predicted octanol–water partition coefficient (Wildman–Crippen LogP) is 5.69. The fourth-order valence-corrected chi connectivity index (χ4v) is 4.40. The zero-order valence-corrected chi connectivity index (χ0v) is 17.3. The Kier molecular flexibility index (Phi) is 5.98.